The molecule has 0 heterocycles. The molecule has 0 radical (unpaired) electrons. The first-order valence-electron chi connectivity index (χ1n) is 6.08. The molecule has 1 N–H and O–H groups in total. The van der Waals surface area contributed by atoms with Crippen LogP contribution in [0.4, 0.5) is 0 Å². The van der Waals surface area contributed by atoms with Crippen molar-refractivity contribution in [3.8, 4) is 0 Å². The molecule has 0 aromatic carbocycles. The standard InChI is InChI=1S/C12H23NS/c1-3-11(10-5-6-10)13-9-12(14-2)7-4-8-12/h10-11,13H,3-9H2,1-2H3. The van der Waals surface area contributed by atoms with Crippen molar-refractivity contribution in [2.45, 2.75) is 56.2 Å². The maximum absolute atomic E-state index is 3.80. The largest absolute Gasteiger partial charge is 0.312 e. The van der Waals surface area contributed by atoms with Crippen LogP contribution in [-0.4, -0.2) is 23.6 Å². The van der Waals surface area contributed by atoms with Crippen LogP contribution in [0.25, 0.3) is 0 Å². The van der Waals surface area contributed by atoms with Crippen LogP contribution in [0.15, 0.2) is 0 Å². The molecule has 2 aliphatic carbocycles. The van der Waals surface area contributed by atoms with E-state index in [0.717, 1.165) is 12.0 Å². The van der Waals surface area contributed by atoms with Gasteiger partial charge in [-0.05, 0) is 44.3 Å². The van der Waals surface area contributed by atoms with Gasteiger partial charge in [0.25, 0.3) is 0 Å². The fourth-order valence-electron chi connectivity index (χ4n) is 2.48. The first-order chi connectivity index (χ1) is 6.79. The Morgan fingerprint density at radius 1 is 1.43 bits per heavy atom. The van der Waals surface area contributed by atoms with Crippen molar-refractivity contribution < 1.29 is 0 Å². The molecular formula is C12H23NS. The summed E-state index contributed by atoms with van der Waals surface area (Å²) in [5.74, 6) is 1.01. The van der Waals surface area contributed by atoms with E-state index in [-0.39, 0.29) is 0 Å². The fraction of sp³-hybridized carbons (Fsp3) is 1.00. The maximum atomic E-state index is 3.80. The number of rotatable bonds is 6. The van der Waals surface area contributed by atoms with Gasteiger partial charge in [-0.1, -0.05) is 13.3 Å². The van der Waals surface area contributed by atoms with Gasteiger partial charge in [0.15, 0.2) is 0 Å². The van der Waals surface area contributed by atoms with E-state index in [0.29, 0.717) is 4.75 Å². The summed E-state index contributed by atoms with van der Waals surface area (Å²) in [6.45, 7) is 3.58. The van der Waals surface area contributed by atoms with Crippen LogP contribution in [0.2, 0.25) is 0 Å². The predicted molar refractivity (Wildman–Crippen MR) is 64.9 cm³/mol. The van der Waals surface area contributed by atoms with E-state index in [2.05, 4.69) is 30.3 Å². The summed E-state index contributed by atoms with van der Waals surface area (Å²) < 4.78 is 0.613. The Morgan fingerprint density at radius 3 is 2.50 bits per heavy atom. The van der Waals surface area contributed by atoms with Crippen LogP contribution in [0.5, 0.6) is 0 Å². The van der Waals surface area contributed by atoms with Crippen LogP contribution in [0.1, 0.15) is 45.4 Å². The molecule has 2 fully saturated rings. The zero-order valence-electron chi connectivity index (χ0n) is 9.51. The molecule has 0 saturated heterocycles. The van der Waals surface area contributed by atoms with Crippen molar-refractivity contribution in [2.24, 2.45) is 5.92 Å². The summed E-state index contributed by atoms with van der Waals surface area (Å²) in [4.78, 5) is 0. The molecule has 1 nitrogen and oxygen atoms in total. The van der Waals surface area contributed by atoms with Crippen molar-refractivity contribution >= 4 is 11.8 Å². The van der Waals surface area contributed by atoms with Gasteiger partial charge in [-0.3, -0.25) is 0 Å². The number of thioether (sulfide) groups is 1. The van der Waals surface area contributed by atoms with E-state index in [1.807, 2.05) is 0 Å². The van der Waals surface area contributed by atoms with E-state index < -0.39 is 0 Å². The Labute approximate surface area is 92.4 Å². The van der Waals surface area contributed by atoms with E-state index in [1.165, 1.54) is 45.1 Å². The SMILES string of the molecule is CCC(NCC1(SC)CCC1)C1CC1. The molecule has 0 aromatic heterocycles. The van der Waals surface area contributed by atoms with E-state index in [4.69, 9.17) is 0 Å². The zero-order valence-corrected chi connectivity index (χ0v) is 10.3. The molecule has 0 bridgehead atoms. The molecule has 2 rings (SSSR count). The summed E-state index contributed by atoms with van der Waals surface area (Å²) in [6.07, 6.45) is 10.8. The first kappa shape index (κ1) is 10.8. The quantitative estimate of drug-likeness (QED) is 0.728. The Bertz CT molecular complexity index is 179. The van der Waals surface area contributed by atoms with Gasteiger partial charge in [-0.25, -0.2) is 0 Å². The molecule has 0 aliphatic heterocycles. The summed E-state index contributed by atoms with van der Waals surface area (Å²) in [5.41, 5.74) is 0. The number of nitrogens with one attached hydrogen (secondary N) is 1. The van der Waals surface area contributed by atoms with Crippen molar-refractivity contribution in [3.63, 3.8) is 0 Å². The molecule has 2 saturated carbocycles. The molecule has 1 atom stereocenters. The monoisotopic (exact) mass is 213 g/mol. The summed E-state index contributed by atoms with van der Waals surface area (Å²) in [5, 5.41) is 3.80. The van der Waals surface area contributed by atoms with Crippen molar-refractivity contribution in [3.05, 3.63) is 0 Å². The van der Waals surface area contributed by atoms with Gasteiger partial charge < -0.3 is 5.32 Å². The van der Waals surface area contributed by atoms with Crippen LogP contribution in [-0.2, 0) is 0 Å². The minimum Gasteiger partial charge on any atom is -0.312 e. The third-order valence-electron chi connectivity index (χ3n) is 4.02. The van der Waals surface area contributed by atoms with Crippen LogP contribution < -0.4 is 5.32 Å². The van der Waals surface area contributed by atoms with E-state index in [1.54, 1.807) is 0 Å². The fourth-order valence-corrected chi connectivity index (χ4v) is 3.41. The van der Waals surface area contributed by atoms with Gasteiger partial charge in [-0.2, -0.15) is 11.8 Å². The molecule has 1 unspecified atom stereocenters. The van der Waals surface area contributed by atoms with Gasteiger partial charge in [0, 0.05) is 17.3 Å². The molecule has 0 aromatic rings. The van der Waals surface area contributed by atoms with Crippen LogP contribution in [0, 0.1) is 5.92 Å². The molecule has 0 spiro atoms. The molecule has 14 heavy (non-hydrogen) atoms. The molecule has 2 heteroatoms. The Kier molecular flexibility index (Phi) is 3.43. The van der Waals surface area contributed by atoms with E-state index in [9.17, 15) is 0 Å². The van der Waals surface area contributed by atoms with Crippen molar-refractivity contribution in [2.75, 3.05) is 12.8 Å². The molecule has 82 valence electrons. The Balaban J connectivity index is 1.73. The zero-order chi connectivity index (χ0) is 10.0. The van der Waals surface area contributed by atoms with Crippen LogP contribution >= 0.6 is 11.8 Å². The third-order valence-corrected chi connectivity index (χ3v) is 5.43. The average molecular weight is 213 g/mol. The second-order valence-corrected chi connectivity index (χ2v) is 6.25. The Hall–Kier alpha value is 0.310. The lowest BCUT2D eigenvalue weighted by Gasteiger charge is -2.41. The van der Waals surface area contributed by atoms with Gasteiger partial charge >= 0.3 is 0 Å². The third kappa shape index (κ3) is 2.27. The average Bonchev–Trinajstić information content (AvgIpc) is 2.94. The second kappa shape index (κ2) is 4.44. The molecular weight excluding hydrogens is 190 g/mol. The van der Waals surface area contributed by atoms with Crippen LogP contribution in [0.3, 0.4) is 0 Å². The van der Waals surface area contributed by atoms with Gasteiger partial charge in [0.1, 0.15) is 0 Å². The van der Waals surface area contributed by atoms with Gasteiger partial charge in [0.05, 0.1) is 0 Å². The number of hydrogen-bond acceptors (Lipinski definition) is 2. The second-order valence-electron chi connectivity index (χ2n) is 4.97. The molecule has 2 aliphatic rings. The normalized spacial score (nSPS) is 27.0. The lowest BCUT2D eigenvalue weighted by Crippen LogP contribution is -2.47. The topological polar surface area (TPSA) is 12.0 Å². The lowest BCUT2D eigenvalue weighted by molar-refractivity contribution is 0.318. The van der Waals surface area contributed by atoms with Gasteiger partial charge in [0.2, 0.25) is 0 Å². The highest BCUT2D eigenvalue weighted by Gasteiger charge is 2.37. The number of hydrogen-bond donors (Lipinski definition) is 1. The summed E-state index contributed by atoms with van der Waals surface area (Å²) in [7, 11) is 0. The highest BCUT2D eigenvalue weighted by atomic mass is 32.2. The highest BCUT2D eigenvalue weighted by molar-refractivity contribution is 8.00. The van der Waals surface area contributed by atoms with Crippen molar-refractivity contribution in [1.29, 1.82) is 0 Å². The summed E-state index contributed by atoms with van der Waals surface area (Å²) >= 11 is 2.08. The summed E-state index contributed by atoms with van der Waals surface area (Å²) in [6, 6.07) is 0.819. The highest BCUT2D eigenvalue weighted by Crippen LogP contribution is 2.43. The minimum absolute atomic E-state index is 0.613. The van der Waals surface area contributed by atoms with Crippen molar-refractivity contribution in [1.82, 2.24) is 5.32 Å². The predicted octanol–water partition coefficient (Wildman–Crippen LogP) is 3.05. The minimum atomic E-state index is 0.613. The first-order valence-corrected chi connectivity index (χ1v) is 7.31. The molecule has 0 amide bonds. The van der Waals surface area contributed by atoms with Gasteiger partial charge in [-0.15, -0.1) is 0 Å². The van der Waals surface area contributed by atoms with E-state index >= 15 is 0 Å². The Morgan fingerprint density at radius 2 is 2.14 bits per heavy atom. The maximum Gasteiger partial charge on any atom is 0.0281 e. The lowest BCUT2D eigenvalue weighted by atomic mass is 9.84. The smallest absolute Gasteiger partial charge is 0.0281 e.